The van der Waals surface area contributed by atoms with E-state index in [1.807, 2.05) is 0 Å². The topological polar surface area (TPSA) is 58.2 Å². The van der Waals surface area contributed by atoms with E-state index in [-0.39, 0.29) is 6.42 Å². The van der Waals surface area contributed by atoms with Gasteiger partial charge in [-0.15, -0.1) is 0 Å². The van der Waals surface area contributed by atoms with Crippen molar-refractivity contribution in [3.8, 4) is 0 Å². The average Bonchev–Trinajstić information content (AvgIpc) is 2.24. The zero-order chi connectivity index (χ0) is 14.4. The Balaban J connectivity index is 4.09. The fourth-order valence-corrected chi connectivity index (χ4v) is 0.882. The normalized spacial score (nSPS) is 12.1. The monoisotopic (exact) mass is 276 g/mol. The third-order valence-electron chi connectivity index (χ3n) is 1.85. The van der Waals surface area contributed by atoms with Crippen LogP contribution in [0.5, 0.6) is 0 Å². The predicted octanol–water partition coefficient (Wildman–Crippen LogP) is 1.22. The molecule has 18 heavy (non-hydrogen) atoms. The van der Waals surface area contributed by atoms with Crippen molar-refractivity contribution in [2.24, 2.45) is 0 Å². The lowest BCUT2D eigenvalue weighted by molar-refractivity contribution is -0.269. The number of hydrogen-bond donors (Lipinski definition) is 2. The maximum Gasteiger partial charge on any atom is 0.463 e. The highest BCUT2D eigenvalue weighted by Crippen LogP contribution is 2.35. The van der Waals surface area contributed by atoms with Gasteiger partial charge in [-0.25, -0.2) is 0 Å². The lowest BCUT2D eigenvalue weighted by Crippen LogP contribution is -2.50. The van der Waals surface area contributed by atoms with E-state index in [2.05, 4.69) is 5.32 Å². The van der Waals surface area contributed by atoms with Gasteiger partial charge in [-0.05, 0) is 6.42 Å². The van der Waals surface area contributed by atoms with E-state index in [9.17, 15) is 31.5 Å². The van der Waals surface area contributed by atoms with Crippen molar-refractivity contribution < 1.29 is 31.5 Å². The van der Waals surface area contributed by atoms with E-state index in [1.54, 1.807) is 6.92 Å². The minimum absolute atomic E-state index is 0.361. The first-order chi connectivity index (χ1) is 8.13. The van der Waals surface area contributed by atoms with Crippen LogP contribution in [0.4, 0.5) is 22.0 Å². The molecule has 0 bridgehead atoms. The van der Waals surface area contributed by atoms with Crippen LogP contribution in [-0.2, 0) is 9.59 Å². The molecule has 0 aliphatic rings. The van der Waals surface area contributed by atoms with Crippen LogP contribution in [-0.4, -0.2) is 37.0 Å². The minimum Gasteiger partial charge on any atom is -0.356 e. The molecule has 9 heteroatoms. The molecule has 2 amide bonds. The summed E-state index contributed by atoms with van der Waals surface area (Å²) in [6.07, 6.45) is -5.65. The van der Waals surface area contributed by atoms with Gasteiger partial charge in [-0.1, -0.05) is 6.92 Å². The molecule has 106 valence electrons. The van der Waals surface area contributed by atoms with E-state index in [0.29, 0.717) is 13.0 Å². The summed E-state index contributed by atoms with van der Waals surface area (Å²) < 4.78 is 60.1. The van der Waals surface area contributed by atoms with Crippen molar-refractivity contribution in [1.29, 1.82) is 0 Å². The number of alkyl halides is 5. The number of carbonyl (C=O) groups excluding carboxylic acids is 2. The fraction of sp³-hybridized carbons (Fsp3) is 0.778. The van der Waals surface area contributed by atoms with Gasteiger partial charge >= 0.3 is 12.1 Å². The highest BCUT2D eigenvalue weighted by atomic mass is 19.4. The summed E-state index contributed by atoms with van der Waals surface area (Å²) in [5, 5.41) is 3.74. The van der Waals surface area contributed by atoms with Gasteiger partial charge in [-0.3, -0.25) is 9.59 Å². The Hall–Kier alpha value is -1.41. The van der Waals surface area contributed by atoms with Gasteiger partial charge < -0.3 is 10.6 Å². The van der Waals surface area contributed by atoms with Gasteiger partial charge in [0.2, 0.25) is 5.91 Å². The highest BCUT2D eigenvalue weighted by molar-refractivity contribution is 5.85. The van der Waals surface area contributed by atoms with E-state index >= 15 is 0 Å². The number of rotatable bonds is 6. The Morgan fingerprint density at radius 1 is 1.00 bits per heavy atom. The van der Waals surface area contributed by atoms with Gasteiger partial charge in [0.05, 0.1) is 0 Å². The second-order valence-electron chi connectivity index (χ2n) is 3.43. The van der Waals surface area contributed by atoms with E-state index in [4.69, 9.17) is 0 Å². The summed E-state index contributed by atoms with van der Waals surface area (Å²) in [7, 11) is 0. The number of hydrogen-bond acceptors (Lipinski definition) is 2. The smallest absolute Gasteiger partial charge is 0.356 e. The molecular weight excluding hydrogens is 263 g/mol. The Bertz CT molecular complexity index is 304. The molecule has 0 aliphatic carbocycles. The van der Waals surface area contributed by atoms with Gasteiger partial charge in [0, 0.05) is 19.5 Å². The van der Waals surface area contributed by atoms with Crippen LogP contribution < -0.4 is 10.6 Å². The first-order valence-corrected chi connectivity index (χ1v) is 5.12. The Kier molecular flexibility index (Phi) is 5.99. The number of halogens is 5. The quantitative estimate of drug-likeness (QED) is 0.717. The van der Waals surface area contributed by atoms with Crippen molar-refractivity contribution in [3.63, 3.8) is 0 Å². The van der Waals surface area contributed by atoms with Gasteiger partial charge in [-0.2, -0.15) is 22.0 Å². The molecule has 0 fully saturated rings. The molecule has 0 aliphatic heterocycles. The zero-order valence-electron chi connectivity index (χ0n) is 9.53. The molecule has 0 spiro atoms. The SMILES string of the molecule is CCCNC(=O)CCNC(=O)C(F)(F)C(F)(F)F. The molecule has 0 aromatic rings. The maximum atomic E-state index is 12.4. The maximum absolute atomic E-state index is 12.4. The molecule has 0 radical (unpaired) electrons. The van der Waals surface area contributed by atoms with Crippen molar-refractivity contribution in [2.75, 3.05) is 13.1 Å². The first kappa shape index (κ1) is 16.6. The Morgan fingerprint density at radius 2 is 1.56 bits per heavy atom. The van der Waals surface area contributed by atoms with Crippen LogP contribution in [0.25, 0.3) is 0 Å². The second-order valence-corrected chi connectivity index (χ2v) is 3.43. The minimum atomic E-state index is -5.94. The van der Waals surface area contributed by atoms with Crippen molar-refractivity contribution >= 4 is 11.8 Å². The third-order valence-corrected chi connectivity index (χ3v) is 1.85. The van der Waals surface area contributed by atoms with Crippen LogP contribution in [0, 0.1) is 0 Å². The standard InChI is InChI=1S/C9H13F5N2O2/c1-2-4-15-6(17)3-5-16-7(18)8(10,11)9(12,13)14/h2-5H2,1H3,(H,15,17)(H,16,18). The van der Waals surface area contributed by atoms with Crippen LogP contribution in [0.15, 0.2) is 0 Å². The number of nitrogens with one attached hydrogen (secondary N) is 2. The first-order valence-electron chi connectivity index (χ1n) is 5.12. The highest BCUT2D eigenvalue weighted by Gasteiger charge is 2.63. The summed E-state index contributed by atoms with van der Waals surface area (Å²) in [5.74, 6) is -8.45. The van der Waals surface area contributed by atoms with Crippen molar-refractivity contribution in [2.45, 2.75) is 31.9 Å². The summed E-state index contributed by atoms with van der Waals surface area (Å²) in [4.78, 5) is 21.6. The fourth-order valence-electron chi connectivity index (χ4n) is 0.882. The summed E-state index contributed by atoms with van der Waals surface area (Å²) in [6, 6.07) is 0. The molecule has 0 unspecified atom stereocenters. The molecule has 0 aromatic carbocycles. The van der Waals surface area contributed by atoms with Crippen LogP contribution >= 0.6 is 0 Å². The van der Waals surface area contributed by atoms with Crippen LogP contribution in [0.1, 0.15) is 19.8 Å². The molecule has 0 rings (SSSR count). The number of carbonyl (C=O) groups is 2. The lowest BCUT2D eigenvalue weighted by atomic mass is 10.3. The molecule has 2 N–H and O–H groups in total. The molecule has 0 heterocycles. The molecule has 0 atom stereocenters. The van der Waals surface area contributed by atoms with Crippen molar-refractivity contribution in [1.82, 2.24) is 10.6 Å². The zero-order valence-corrected chi connectivity index (χ0v) is 9.53. The van der Waals surface area contributed by atoms with Crippen LogP contribution in [0.2, 0.25) is 0 Å². The number of amides is 2. The Labute approximate surface area is 99.9 Å². The van der Waals surface area contributed by atoms with Gasteiger partial charge in [0.25, 0.3) is 5.91 Å². The predicted molar refractivity (Wildman–Crippen MR) is 51.9 cm³/mol. The summed E-state index contributed by atoms with van der Waals surface area (Å²) in [6.45, 7) is 1.57. The molecular formula is C9H13F5N2O2. The van der Waals surface area contributed by atoms with Crippen molar-refractivity contribution in [3.05, 3.63) is 0 Å². The second kappa shape index (κ2) is 6.50. The molecule has 0 aromatic heterocycles. The van der Waals surface area contributed by atoms with E-state index < -0.39 is 30.5 Å². The van der Waals surface area contributed by atoms with E-state index in [0.717, 1.165) is 0 Å². The average molecular weight is 276 g/mol. The summed E-state index contributed by atoms with van der Waals surface area (Å²) >= 11 is 0. The van der Waals surface area contributed by atoms with E-state index in [1.165, 1.54) is 5.32 Å². The van der Waals surface area contributed by atoms with Gasteiger partial charge in [0.1, 0.15) is 0 Å². The van der Waals surface area contributed by atoms with Gasteiger partial charge in [0.15, 0.2) is 0 Å². The lowest BCUT2D eigenvalue weighted by Gasteiger charge is -2.18. The Morgan fingerprint density at radius 3 is 2.00 bits per heavy atom. The molecule has 0 saturated carbocycles. The molecule has 0 saturated heterocycles. The van der Waals surface area contributed by atoms with Crippen LogP contribution in [0.3, 0.4) is 0 Å². The molecule has 4 nitrogen and oxygen atoms in total. The third kappa shape index (κ3) is 4.84. The summed E-state index contributed by atoms with van der Waals surface area (Å²) in [5.41, 5.74) is 0. The largest absolute Gasteiger partial charge is 0.463 e.